The Kier molecular flexibility index (Phi) is 4.87. The molecule has 1 N–H and O–H groups in total. The monoisotopic (exact) mass is 384 g/mol. The summed E-state index contributed by atoms with van der Waals surface area (Å²) in [6, 6.07) is 2.04. The molecule has 11 heteroatoms. The van der Waals surface area contributed by atoms with E-state index in [0.717, 1.165) is 12.1 Å². The lowest BCUT2D eigenvalue weighted by molar-refractivity contribution is -0.154. The molecule has 27 heavy (non-hydrogen) atoms. The van der Waals surface area contributed by atoms with Gasteiger partial charge in [0.1, 0.15) is 0 Å². The largest absolute Gasteiger partial charge is 0.479 e. The number of rotatable bonds is 3. The molecule has 0 radical (unpaired) electrons. The Bertz CT molecular complexity index is 864. The van der Waals surface area contributed by atoms with E-state index < -0.39 is 29.7 Å². The van der Waals surface area contributed by atoms with Crippen molar-refractivity contribution in [1.82, 2.24) is 19.7 Å². The highest BCUT2D eigenvalue weighted by Gasteiger charge is 2.32. The zero-order chi connectivity index (χ0) is 19.8. The van der Waals surface area contributed by atoms with Crippen molar-refractivity contribution in [2.45, 2.75) is 19.2 Å². The van der Waals surface area contributed by atoms with Gasteiger partial charge in [0.2, 0.25) is 0 Å². The Hall–Kier alpha value is -2.95. The molecule has 3 heterocycles. The number of aromatic nitrogens is 3. The van der Waals surface area contributed by atoms with E-state index in [0.29, 0.717) is 11.9 Å². The fourth-order valence-electron chi connectivity index (χ4n) is 2.68. The highest BCUT2D eigenvalue weighted by Crippen LogP contribution is 2.29. The number of morpholine rings is 1. The van der Waals surface area contributed by atoms with E-state index in [-0.39, 0.29) is 31.1 Å². The molecule has 0 bridgehead atoms. The van der Waals surface area contributed by atoms with Crippen molar-refractivity contribution in [2.75, 3.05) is 19.7 Å². The fourth-order valence-corrected chi connectivity index (χ4v) is 2.68. The second-order valence-electron chi connectivity index (χ2n) is 5.91. The topological polar surface area (TPSA) is 97.5 Å². The van der Waals surface area contributed by atoms with Crippen molar-refractivity contribution in [3.05, 3.63) is 41.3 Å². The van der Waals surface area contributed by atoms with E-state index in [2.05, 4.69) is 10.1 Å². The van der Waals surface area contributed by atoms with E-state index in [1.807, 2.05) is 0 Å². The van der Waals surface area contributed by atoms with Crippen molar-refractivity contribution < 1.29 is 32.6 Å². The first-order chi connectivity index (χ1) is 12.7. The third-order valence-electron chi connectivity index (χ3n) is 4.16. The van der Waals surface area contributed by atoms with Crippen molar-refractivity contribution >= 4 is 11.9 Å². The molecule has 0 aromatic carbocycles. The summed E-state index contributed by atoms with van der Waals surface area (Å²) in [4.78, 5) is 28.8. The zero-order valence-corrected chi connectivity index (χ0v) is 14.1. The molecular formula is C16H15F3N4O4. The van der Waals surface area contributed by atoms with Crippen molar-refractivity contribution in [3.8, 4) is 5.82 Å². The Morgan fingerprint density at radius 2 is 2.04 bits per heavy atom. The Labute approximate surface area is 151 Å². The maximum absolute atomic E-state index is 12.7. The van der Waals surface area contributed by atoms with Gasteiger partial charge in [0.05, 0.1) is 36.2 Å². The SMILES string of the molecule is Cc1c(C(=O)N2CCO[C@H](C(=O)O)C2)cnn1-c1ccc(C(F)(F)F)cn1. The minimum absolute atomic E-state index is 0.0936. The maximum Gasteiger partial charge on any atom is 0.417 e. The number of carbonyl (C=O) groups is 2. The molecule has 144 valence electrons. The van der Waals surface area contributed by atoms with Crippen LogP contribution in [0.4, 0.5) is 13.2 Å². The van der Waals surface area contributed by atoms with Crippen LogP contribution in [0, 0.1) is 6.92 Å². The molecule has 0 unspecified atom stereocenters. The maximum atomic E-state index is 12.7. The summed E-state index contributed by atoms with van der Waals surface area (Å²) in [5.74, 6) is -1.46. The molecule has 2 aromatic heterocycles. The third-order valence-corrected chi connectivity index (χ3v) is 4.16. The lowest BCUT2D eigenvalue weighted by atomic mass is 10.2. The molecule has 1 atom stereocenters. The Morgan fingerprint density at radius 3 is 2.63 bits per heavy atom. The van der Waals surface area contributed by atoms with Crippen LogP contribution in [-0.2, 0) is 15.7 Å². The second kappa shape index (κ2) is 6.99. The van der Waals surface area contributed by atoms with Gasteiger partial charge in [-0.25, -0.2) is 14.5 Å². The molecule has 2 aromatic rings. The van der Waals surface area contributed by atoms with Gasteiger partial charge in [-0.05, 0) is 19.1 Å². The van der Waals surface area contributed by atoms with Crippen LogP contribution in [0.15, 0.2) is 24.5 Å². The first-order valence-corrected chi connectivity index (χ1v) is 7.90. The van der Waals surface area contributed by atoms with Crippen LogP contribution in [0.1, 0.15) is 21.6 Å². The number of hydrogen-bond acceptors (Lipinski definition) is 5. The van der Waals surface area contributed by atoms with Crippen LogP contribution in [0.25, 0.3) is 5.82 Å². The number of halogens is 3. The van der Waals surface area contributed by atoms with Gasteiger partial charge in [0, 0.05) is 12.7 Å². The number of carboxylic acids is 1. The first-order valence-electron chi connectivity index (χ1n) is 7.90. The molecule has 1 aliphatic heterocycles. The number of alkyl halides is 3. The minimum Gasteiger partial charge on any atom is -0.479 e. The average molecular weight is 384 g/mol. The van der Waals surface area contributed by atoms with Crippen LogP contribution in [0.2, 0.25) is 0 Å². The van der Waals surface area contributed by atoms with E-state index in [4.69, 9.17) is 9.84 Å². The summed E-state index contributed by atoms with van der Waals surface area (Å²) in [5, 5.41) is 13.1. The molecule has 0 spiro atoms. The van der Waals surface area contributed by atoms with Crippen molar-refractivity contribution in [2.24, 2.45) is 0 Å². The van der Waals surface area contributed by atoms with Crippen molar-refractivity contribution in [1.29, 1.82) is 0 Å². The van der Waals surface area contributed by atoms with E-state index in [9.17, 15) is 22.8 Å². The summed E-state index contributed by atoms with van der Waals surface area (Å²) < 4.78 is 44.3. The minimum atomic E-state index is -4.50. The van der Waals surface area contributed by atoms with Gasteiger partial charge in [-0.1, -0.05) is 0 Å². The molecule has 1 aliphatic rings. The Morgan fingerprint density at radius 1 is 1.30 bits per heavy atom. The predicted molar refractivity (Wildman–Crippen MR) is 84.4 cm³/mol. The lowest BCUT2D eigenvalue weighted by Crippen LogP contribution is -2.48. The van der Waals surface area contributed by atoms with Crippen LogP contribution >= 0.6 is 0 Å². The van der Waals surface area contributed by atoms with Gasteiger partial charge in [0.25, 0.3) is 5.91 Å². The molecule has 1 amide bonds. The molecule has 0 aliphatic carbocycles. The molecule has 1 fully saturated rings. The van der Waals surface area contributed by atoms with Crippen LogP contribution in [0.5, 0.6) is 0 Å². The van der Waals surface area contributed by atoms with E-state index in [1.54, 1.807) is 6.92 Å². The molecule has 1 saturated heterocycles. The highest BCUT2D eigenvalue weighted by molar-refractivity contribution is 5.95. The standard InChI is InChI=1S/C16H15F3N4O4/c1-9-11(14(24)22-4-5-27-12(8-22)15(25)26)7-21-23(9)13-3-2-10(6-20-13)16(17,18)19/h2-3,6-7,12H,4-5,8H2,1H3,(H,25,26)/t12-/m0/s1. The summed E-state index contributed by atoms with van der Waals surface area (Å²) in [5.41, 5.74) is -0.297. The quantitative estimate of drug-likeness (QED) is 0.862. The van der Waals surface area contributed by atoms with Crippen molar-refractivity contribution in [3.63, 3.8) is 0 Å². The van der Waals surface area contributed by atoms with E-state index >= 15 is 0 Å². The number of amides is 1. The van der Waals surface area contributed by atoms with E-state index in [1.165, 1.54) is 15.8 Å². The normalized spacial score (nSPS) is 17.8. The van der Waals surface area contributed by atoms with Gasteiger partial charge in [-0.2, -0.15) is 18.3 Å². The smallest absolute Gasteiger partial charge is 0.417 e. The summed E-state index contributed by atoms with van der Waals surface area (Å²) in [6.45, 7) is 1.80. The van der Waals surface area contributed by atoms with Gasteiger partial charge in [-0.3, -0.25) is 4.79 Å². The van der Waals surface area contributed by atoms with Crippen LogP contribution in [-0.4, -0.2) is 62.4 Å². The lowest BCUT2D eigenvalue weighted by Gasteiger charge is -2.30. The number of pyridine rings is 1. The first kappa shape index (κ1) is 18.8. The van der Waals surface area contributed by atoms with Crippen LogP contribution in [0.3, 0.4) is 0 Å². The molecule has 3 rings (SSSR count). The second-order valence-corrected chi connectivity index (χ2v) is 5.91. The van der Waals surface area contributed by atoms with Gasteiger partial charge < -0.3 is 14.7 Å². The number of ether oxygens (including phenoxy) is 1. The summed E-state index contributed by atoms with van der Waals surface area (Å²) in [7, 11) is 0. The van der Waals surface area contributed by atoms with Gasteiger partial charge >= 0.3 is 12.1 Å². The van der Waals surface area contributed by atoms with Gasteiger partial charge in [0.15, 0.2) is 11.9 Å². The Balaban J connectivity index is 1.82. The molecular weight excluding hydrogens is 369 g/mol. The van der Waals surface area contributed by atoms with Crippen LogP contribution < -0.4 is 0 Å². The predicted octanol–water partition coefficient (Wildman–Crippen LogP) is 1.52. The summed E-state index contributed by atoms with van der Waals surface area (Å²) in [6.07, 6.45) is -3.63. The van der Waals surface area contributed by atoms with Gasteiger partial charge in [-0.15, -0.1) is 0 Å². The number of carbonyl (C=O) groups excluding carboxylic acids is 1. The third kappa shape index (κ3) is 3.77. The highest BCUT2D eigenvalue weighted by atomic mass is 19.4. The molecule has 0 saturated carbocycles. The summed E-state index contributed by atoms with van der Waals surface area (Å²) >= 11 is 0. The average Bonchev–Trinajstić information content (AvgIpc) is 3.02. The zero-order valence-electron chi connectivity index (χ0n) is 14.1. The number of hydrogen-bond donors (Lipinski definition) is 1. The molecule has 8 nitrogen and oxygen atoms in total. The fraction of sp³-hybridized carbons (Fsp3) is 0.375. The number of carboxylic acid groups (broad SMARTS) is 1. The number of aliphatic carboxylic acids is 1. The number of nitrogens with zero attached hydrogens (tertiary/aromatic N) is 4.